The predicted molar refractivity (Wildman–Crippen MR) is 74.2 cm³/mol. The molecule has 1 N–H and O–H groups in total. The Morgan fingerprint density at radius 3 is 2.83 bits per heavy atom. The van der Waals surface area contributed by atoms with Crippen molar-refractivity contribution in [3.05, 3.63) is 12.4 Å². The lowest BCUT2D eigenvalue weighted by molar-refractivity contribution is 0.326. The molecule has 0 amide bonds. The van der Waals surface area contributed by atoms with Gasteiger partial charge in [-0.3, -0.25) is 0 Å². The Hall–Kier alpha value is -1.36. The molecule has 5 nitrogen and oxygen atoms in total. The number of rotatable bonds is 8. The van der Waals surface area contributed by atoms with Gasteiger partial charge in [0, 0.05) is 26.2 Å². The molecule has 0 saturated carbocycles. The zero-order chi connectivity index (χ0) is 13.4. The van der Waals surface area contributed by atoms with E-state index in [0.717, 1.165) is 25.5 Å². The fraction of sp³-hybridized carbons (Fsp3) is 0.692. The van der Waals surface area contributed by atoms with Crippen LogP contribution in [-0.2, 0) is 0 Å². The first-order valence-corrected chi connectivity index (χ1v) is 6.50. The van der Waals surface area contributed by atoms with Crippen molar-refractivity contribution in [3.63, 3.8) is 0 Å². The van der Waals surface area contributed by atoms with Crippen LogP contribution in [-0.4, -0.2) is 43.3 Å². The van der Waals surface area contributed by atoms with E-state index in [1.165, 1.54) is 0 Å². The first-order chi connectivity index (χ1) is 8.63. The van der Waals surface area contributed by atoms with Gasteiger partial charge in [0.25, 0.3) is 0 Å². The Bertz CT molecular complexity index is 344. The van der Waals surface area contributed by atoms with Crippen molar-refractivity contribution in [1.82, 2.24) is 15.3 Å². The fourth-order valence-electron chi connectivity index (χ4n) is 1.52. The molecule has 0 aliphatic carbocycles. The minimum atomic E-state index is 0.621. The van der Waals surface area contributed by atoms with Crippen LogP contribution < -0.4 is 15.0 Å². The third kappa shape index (κ3) is 5.31. The molecule has 18 heavy (non-hydrogen) atoms. The van der Waals surface area contributed by atoms with Crippen molar-refractivity contribution >= 4 is 5.82 Å². The second kappa shape index (κ2) is 7.87. The standard InChI is InChI=1S/C13H24N4O/c1-5-18-13-8-12(15-10-16-13)17(4)7-6-14-9-11(2)3/h8,10-11,14H,5-7,9H2,1-4H3. The highest BCUT2D eigenvalue weighted by atomic mass is 16.5. The smallest absolute Gasteiger partial charge is 0.218 e. The fourth-order valence-corrected chi connectivity index (χ4v) is 1.52. The summed E-state index contributed by atoms with van der Waals surface area (Å²) < 4.78 is 5.36. The highest BCUT2D eigenvalue weighted by molar-refractivity contribution is 5.39. The van der Waals surface area contributed by atoms with Gasteiger partial charge >= 0.3 is 0 Å². The van der Waals surface area contributed by atoms with E-state index in [2.05, 4.69) is 34.0 Å². The van der Waals surface area contributed by atoms with Gasteiger partial charge in [-0.1, -0.05) is 13.8 Å². The van der Waals surface area contributed by atoms with E-state index in [0.29, 0.717) is 18.4 Å². The maximum atomic E-state index is 5.36. The van der Waals surface area contributed by atoms with Crippen LogP contribution in [0.25, 0.3) is 0 Å². The van der Waals surface area contributed by atoms with E-state index in [1.54, 1.807) is 6.33 Å². The summed E-state index contributed by atoms with van der Waals surface area (Å²) in [6.45, 7) is 9.88. The summed E-state index contributed by atoms with van der Waals surface area (Å²) in [6.07, 6.45) is 1.54. The summed E-state index contributed by atoms with van der Waals surface area (Å²) in [5.41, 5.74) is 0. The summed E-state index contributed by atoms with van der Waals surface area (Å²) in [4.78, 5) is 10.4. The first-order valence-electron chi connectivity index (χ1n) is 6.50. The van der Waals surface area contributed by atoms with Crippen molar-refractivity contribution in [2.75, 3.05) is 38.2 Å². The van der Waals surface area contributed by atoms with Gasteiger partial charge in [0.15, 0.2) is 0 Å². The molecular formula is C13H24N4O. The molecule has 0 radical (unpaired) electrons. The molecule has 1 rings (SSSR count). The number of ether oxygens (including phenoxy) is 1. The Kier molecular flexibility index (Phi) is 6.43. The normalized spacial score (nSPS) is 10.7. The zero-order valence-corrected chi connectivity index (χ0v) is 11.8. The van der Waals surface area contributed by atoms with Crippen LogP contribution in [0, 0.1) is 5.92 Å². The largest absolute Gasteiger partial charge is 0.478 e. The molecule has 0 fully saturated rings. The number of hydrogen-bond donors (Lipinski definition) is 1. The lowest BCUT2D eigenvalue weighted by atomic mass is 10.2. The van der Waals surface area contributed by atoms with Gasteiger partial charge in [0.2, 0.25) is 5.88 Å². The van der Waals surface area contributed by atoms with Crippen molar-refractivity contribution in [2.45, 2.75) is 20.8 Å². The lowest BCUT2D eigenvalue weighted by Crippen LogP contribution is -2.31. The number of likely N-dealkylation sites (N-methyl/N-ethyl adjacent to an activating group) is 1. The molecule has 5 heteroatoms. The van der Waals surface area contributed by atoms with Crippen LogP contribution in [0.2, 0.25) is 0 Å². The van der Waals surface area contributed by atoms with Gasteiger partial charge in [0.05, 0.1) is 6.61 Å². The van der Waals surface area contributed by atoms with Crippen molar-refractivity contribution in [1.29, 1.82) is 0 Å². The molecule has 102 valence electrons. The SMILES string of the molecule is CCOc1cc(N(C)CCNCC(C)C)ncn1. The van der Waals surface area contributed by atoms with E-state index in [4.69, 9.17) is 4.74 Å². The molecule has 0 unspecified atom stereocenters. The second-order valence-corrected chi connectivity index (χ2v) is 4.67. The number of hydrogen-bond acceptors (Lipinski definition) is 5. The summed E-state index contributed by atoms with van der Waals surface area (Å²) in [7, 11) is 2.02. The molecule has 1 aromatic heterocycles. The molecule has 0 bridgehead atoms. The van der Waals surface area contributed by atoms with Crippen LogP contribution >= 0.6 is 0 Å². The third-order valence-electron chi connectivity index (χ3n) is 2.49. The quantitative estimate of drug-likeness (QED) is 0.712. The highest BCUT2D eigenvalue weighted by Gasteiger charge is 2.04. The highest BCUT2D eigenvalue weighted by Crippen LogP contribution is 2.13. The van der Waals surface area contributed by atoms with E-state index in [1.807, 2.05) is 20.0 Å². The Balaban J connectivity index is 2.40. The van der Waals surface area contributed by atoms with Gasteiger partial charge in [-0.25, -0.2) is 9.97 Å². The molecule has 1 heterocycles. The minimum absolute atomic E-state index is 0.621. The van der Waals surface area contributed by atoms with Crippen molar-refractivity contribution < 1.29 is 4.74 Å². The van der Waals surface area contributed by atoms with Crippen molar-refractivity contribution in [3.8, 4) is 5.88 Å². The van der Waals surface area contributed by atoms with Crippen LogP contribution in [0.4, 0.5) is 5.82 Å². The Morgan fingerprint density at radius 1 is 1.39 bits per heavy atom. The van der Waals surface area contributed by atoms with E-state index in [-0.39, 0.29) is 0 Å². The minimum Gasteiger partial charge on any atom is -0.478 e. The molecule has 0 spiro atoms. The van der Waals surface area contributed by atoms with E-state index >= 15 is 0 Å². The monoisotopic (exact) mass is 252 g/mol. The van der Waals surface area contributed by atoms with Gasteiger partial charge in [-0.05, 0) is 19.4 Å². The number of aromatic nitrogens is 2. The summed E-state index contributed by atoms with van der Waals surface area (Å²) in [5.74, 6) is 2.20. The predicted octanol–water partition coefficient (Wildman–Crippen LogP) is 1.56. The topological polar surface area (TPSA) is 50.3 Å². The number of anilines is 1. The Morgan fingerprint density at radius 2 is 2.17 bits per heavy atom. The number of nitrogens with one attached hydrogen (secondary N) is 1. The molecule has 0 aliphatic rings. The van der Waals surface area contributed by atoms with Crippen LogP contribution in [0.5, 0.6) is 5.88 Å². The van der Waals surface area contributed by atoms with Crippen LogP contribution in [0.1, 0.15) is 20.8 Å². The molecular weight excluding hydrogens is 228 g/mol. The molecule has 1 aromatic rings. The molecule has 0 atom stereocenters. The number of nitrogens with zero attached hydrogens (tertiary/aromatic N) is 3. The van der Waals surface area contributed by atoms with Gasteiger partial charge < -0.3 is 15.0 Å². The molecule has 0 aromatic carbocycles. The van der Waals surface area contributed by atoms with Crippen molar-refractivity contribution in [2.24, 2.45) is 5.92 Å². The van der Waals surface area contributed by atoms with Crippen LogP contribution in [0.15, 0.2) is 12.4 Å². The van der Waals surface area contributed by atoms with E-state index < -0.39 is 0 Å². The second-order valence-electron chi connectivity index (χ2n) is 4.67. The average molecular weight is 252 g/mol. The van der Waals surface area contributed by atoms with Gasteiger partial charge in [-0.15, -0.1) is 0 Å². The van der Waals surface area contributed by atoms with Gasteiger partial charge in [0.1, 0.15) is 12.1 Å². The third-order valence-corrected chi connectivity index (χ3v) is 2.49. The maximum Gasteiger partial charge on any atom is 0.218 e. The Labute approximate surface area is 110 Å². The zero-order valence-electron chi connectivity index (χ0n) is 11.8. The lowest BCUT2D eigenvalue weighted by Gasteiger charge is -2.19. The van der Waals surface area contributed by atoms with Gasteiger partial charge in [-0.2, -0.15) is 0 Å². The molecule has 0 saturated heterocycles. The summed E-state index contributed by atoms with van der Waals surface area (Å²) in [6, 6.07) is 1.87. The van der Waals surface area contributed by atoms with E-state index in [9.17, 15) is 0 Å². The first kappa shape index (κ1) is 14.7. The average Bonchev–Trinajstić information content (AvgIpc) is 2.35. The van der Waals surface area contributed by atoms with Crippen LogP contribution in [0.3, 0.4) is 0 Å². The molecule has 0 aliphatic heterocycles. The summed E-state index contributed by atoms with van der Waals surface area (Å²) in [5, 5.41) is 3.41. The summed E-state index contributed by atoms with van der Waals surface area (Å²) >= 11 is 0. The maximum absolute atomic E-state index is 5.36.